The summed E-state index contributed by atoms with van der Waals surface area (Å²) in [6.07, 6.45) is -0.428. The van der Waals surface area contributed by atoms with Gasteiger partial charge in [0, 0.05) is 13.0 Å². The molecule has 1 amide bonds. The third kappa shape index (κ3) is 3.28. The fraction of sp³-hybridized carbons (Fsp3) is 0.176. The Kier molecular flexibility index (Phi) is 4.72. The Hall–Kier alpha value is -2.62. The zero-order chi connectivity index (χ0) is 15.2. The van der Waals surface area contributed by atoms with Crippen LogP contribution in [0.2, 0.25) is 0 Å². The van der Waals surface area contributed by atoms with E-state index in [1.165, 1.54) is 7.05 Å². The molecule has 4 nitrogen and oxygen atoms in total. The molecule has 0 aliphatic carbocycles. The largest absolute Gasteiger partial charge is 0.465 e. The predicted octanol–water partition coefficient (Wildman–Crippen LogP) is 3.00. The monoisotopic (exact) mass is 283 g/mol. The van der Waals surface area contributed by atoms with Gasteiger partial charge in [0.2, 0.25) is 0 Å². The van der Waals surface area contributed by atoms with Crippen molar-refractivity contribution >= 4 is 12.4 Å². The lowest BCUT2D eigenvalue weighted by Crippen LogP contribution is -2.41. The number of nitrogens with zero attached hydrogens (tertiary/aromatic N) is 1. The summed E-state index contributed by atoms with van der Waals surface area (Å²) in [5.41, 5.74) is 1.82. The lowest BCUT2D eigenvalue weighted by atomic mass is 9.85. The van der Waals surface area contributed by atoms with E-state index in [9.17, 15) is 14.7 Å². The van der Waals surface area contributed by atoms with E-state index in [1.54, 1.807) is 0 Å². The Morgan fingerprint density at radius 3 is 1.76 bits per heavy atom. The number of aldehydes is 1. The van der Waals surface area contributed by atoms with Crippen molar-refractivity contribution in [2.45, 2.75) is 12.0 Å². The van der Waals surface area contributed by atoms with Crippen LogP contribution in [0.25, 0.3) is 0 Å². The van der Waals surface area contributed by atoms with Crippen molar-refractivity contribution in [1.82, 2.24) is 4.90 Å². The molecule has 0 heterocycles. The molecule has 1 unspecified atom stereocenters. The third-order valence-corrected chi connectivity index (χ3v) is 3.55. The highest BCUT2D eigenvalue weighted by atomic mass is 16.4. The quantitative estimate of drug-likeness (QED) is 0.858. The first-order valence-electron chi connectivity index (χ1n) is 6.66. The van der Waals surface area contributed by atoms with E-state index < -0.39 is 12.1 Å². The molecule has 0 fully saturated rings. The summed E-state index contributed by atoms with van der Waals surface area (Å²) >= 11 is 0. The number of hydrogen-bond donors (Lipinski definition) is 1. The fourth-order valence-electron chi connectivity index (χ4n) is 2.43. The molecule has 21 heavy (non-hydrogen) atoms. The van der Waals surface area contributed by atoms with Gasteiger partial charge >= 0.3 is 6.09 Å². The maximum Gasteiger partial charge on any atom is 0.407 e. The SMILES string of the molecule is CN(C(=O)O)C(C=O)C(c1ccccc1)c1ccccc1. The van der Waals surface area contributed by atoms with Gasteiger partial charge in [-0.15, -0.1) is 0 Å². The van der Waals surface area contributed by atoms with Crippen LogP contribution in [-0.4, -0.2) is 35.5 Å². The Bertz CT molecular complexity index is 558. The summed E-state index contributed by atoms with van der Waals surface area (Å²) in [6, 6.07) is 18.2. The van der Waals surface area contributed by atoms with Gasteiger partial charge in [0.05, 0.1) is 0 Å². The van der Waals surface area contributed by atoms with Crippen LogP contribution in [0.3, 0.4) is 0 Å². The molecule has 2 rings (SSSR count). The van der Waals surface area contributed by atoms with Crippen molar-refractivity contribution in [3.05, 3.63) is 71.8 Å². The highest BCUT2D eigenvalue weighted by Gasteiger charge is 2.30. The molecule has 1 atom stereocenters. The topological polar surface area (TPSA) is 57.6 Å². The van der Waals surface area contributed by atoms with Gasteiger partial charge in [-0.2, -0.15) is 0 Å². The summed E-state index contributed by atoms with van der Waals surface area (Å²) in [4.78, 5) is 23.8. The summed E-state index contributed by atoms with van der Waals surface area (Å²) in [6.45, 7) is 0. The second kappa shape index (κ2) is 6.70. The van der Waals surface area contributed by atoms with Gasteiger partial charge in [-0.1, -0.05) is 60.7 Å². The maximum atomic E-state index is 11.5. The van der Waals surface area contributed by atoms with Crippen LogP contribution in [0.5, 0.6) is 0 Å². The number of rotatable bonds is 5. The van der Waals surface area contributed by atoms with Crippen LogP contribution in [0.1, 0.15) is 17.0 Å². The Balaban J connectivity index is 2.50. The highest BCUT2D eigenvalue weighted by molar-refractivity contribution is 5.73. The van der Waals surface area contributed by atoms with E-state index in [4.69, 9.17) is 0 Å². The lowest BCUT2D eigenvalue weighted by molar-refractivity contribution is -0.112. The van der Waals surface area contributed by atoms with Crippen LogP contribution in [-0.2, 0) is 4.79 Å². The Labute approximate surface area is 123 Å². The van der Waals surface area contributed by atoms with E-state index in [0.717, 1.165) is 16.0 Å². The number of amides is 1. The standard InChI is InChI=1S/C17H17NO3/c1-18(17(20)21)15(12-19)16(13-8-4-2-5-9-13)14-10-6-3-7-11-14/h2-12,15-16H,1H3,(H,20,21). The zero-order valence-electron chi connectivity index (χ0n) is 11.7. The maximum absolute atomic E-state index is 11.5. The number of benzene rings is 2. The van der Waals surface area contributed by atoms with Gasteiger partial charge < -0.3 is 14.8 Å². The van der Waals surface area contributed by atoms with Crippen LogP contribution in [0.4, 0.5) is 4.79 Å². The molecule has 0 aromatic heterocycles. The van der Waals surface area contributed by atoms with Gasteiger partial charge in [0.25, 0.3) is 0 Å². The van der Waals surface area contributed by atoms with Crippen molar-refractivity contribution < 1.29 is 14.7 Å². The third-order valence-electron chi connectivity index (χ3n) is 3.55. The summed E-state index contributed by atoms with van der Waals surface area (Å²) < 4.78 is 0. The van der Waals surface area contributed by atoms with E-state index in [1.807, 2.05) is 60.7 Å². The molecular weight excluding hydrogens is 266 g/mol. The van der Waals surface area contributed by atoms with Crippen molar-refractivity contribution in [3.63, 3.8) is 0 Å². The van der Waals surface area contributed by atoms with Gasteiger partial charge in [0.15, 0.2) is 0 Å². The Morgan fingerprint density at radius 2 is 1.43 bits per heavy atom. The predicted molar refractivity (Wildman–Crippen MR) is 80.4 cm³/mol. The molecule has 0 bridgehead atoms. The molecule has 2 aromatic carbocycles. The van der Waals surface area contributed by atoms with Crippen LogP contribution in [0, 0.1) is 0 Å². The van der Waals surface area contributed by atoms with Crippen LogP contribution < -0.4 is 0 Å². The summed E-state index contributed by atoms with van der Waals surface area (Å²) in [5.74, 6) is -0.328. The summed E-state index contributed by atoms with van der Waals surface area (Å²) in [7, 11) is 1.42. The van der Waals surface area contributed by atoms with Crippen molar-refractivity contribution in [2.24, 2.45) is 0 Å². The molecule has 4 heteroatoms. The molecule has 0 aliphatic rings. The first-order chi connectivity index (χ1) is 10.1. The van der Waals surface area contributed by atoms with E-state index in [-0.39, 0.29) is 5.92 Å². The van der Waals surface area contributed by atoms with Gasteiger partial charge in [0.1, 0.15) is 12.3 Å². The van der Waals surface area contributed by atoms with Crippen LogP contribution in [0.15, 0.2) is 60.7 Å². The minimum absolute atomic E-state index is 0.328. The van der Waals surface area contributed by atoms with Crippen LogP contribution >= 0.6 is 0 Å². The number of carbonyl (C=O) groups is 2. The molecular formula is C17H17NO3. The Morgan fingerprint density at radius 1 is 1.00 bits per heavy atom. The average Bonchev–Trinajstić information content (AvgIpc) is 2.53. The average molecular weight is 283 g/mol. The van der Waals surface area contributed by atoms with E-state index in [0.29, 0.717) is 6.29 Å². The minimum atomic E-state index is -1.12. The zero-order valence-corrected chi connectivity index (χ0v) is 11.7. The first kappa shape index (κ1) is 14.8. The number of carbonyl (C=O) groups excluding carboxylic acids is 1. The fourth-order valence-corrected chi connectivity index (χ4v) is 2.43. The number of hydrogen-bond acceptors (Lipinski definition) is 2. The van der Waals surface area contributed by atoms with Crippen molar-refractivity contribution in [1.29, 1.82) is 0 Å². The van der Waals surface area contributed by atoms with E-state index in [2.05, 4.69) is 0 Å². The first-order valence-corrected chi connectivity index (χ1v) is 6.66. The molecule has 1 N–H and O–H groups in total. The molecule has 2 aromatic rings. The van der Waals surface area contributed by atoms with E-state index >= 15 is 0 Å². The molecule has 0 aliphatic heterocycles. The van der Waals surface area contributed by atoms with Crippen molar-refractivity contribution in [2.75, 3.05) is 7.05 Å². The minimum Gasteiger partial charge on any atom is -0.465 e. The second-order valence-corrected chi connectivity index (χ2v) is 4.82. The molecule has 0 saturated heterocycles. The number of carboxylic acid groups (broad SMARTS) is 1. The number of likely N-dealkylation sites (N-methyl/N-ethyl adjacent to an activating group) is 1. The highest BCUT2D eigenvalue weighted by Crippen LogP contribution is 2.29. The smallest absolute Gasteiger partial charge is 0.407 e. The van der Waals surface area contributed by atoms with Crippen molar-refractivity contribution in [3.8, 4) is 0 Å². The lowest BCUT2D eigenvalue weighted by Gasteiger charge is -2.29. The molecule has 0 spiro atoms. The van der Waals surface area contributed by atoms with Gasteiger partial charge in [-0.25, -0.2) is 4.79 Å². The summed E-state index contributed by atoms with van der Waals surface area (Å²) in [5, 5.41) is 9.19. The second-order valence-electron chi connectivity index (χ2n) is 4.82. The molecule has 108 valence electrons. The molecule has 0 radical (unpaired) electrons. The molecule has 0 saturated carbocycles. The van der Waals surface area contributed by atoms with Gasteiger partial charge in [-0.05, 0) is 11.1 Å². The van der Waals surface area contributed by atoms with Gasteiger partial charge in [-0.3, -0.25) is 0 Å². The normalized spacial score (nSPS) is 11.9.